The van der Waals surface area contributed by atoms with Crippen LogP contribution in [-0.2, 0) is 30.3 Å². The van der Waals surface area contributed by atoms with Gasteiger partial charge in [0.1, 0.15) is 17.1 Å². The SMILES string of the molecule is CCNC(=O)C1C(C(=O)O)C2(OCC(C)O)c3ccccc3C1(OCC(C)O)c1ccccc12. The Kier molecular flexibility index (Phi) is 6.52. The van der Waals surface area contributed by atoms with Crippen LogP contribution in [0, 0.1) is 11.8 Å². The maximum absolute atomic E-state index is 13.6. The molecule has 0 spiro atoms. The molecule has 0 saturated heterocycles. The van der Waals surface area contributed by atoms with Crippen LogP contribution in [0.3, 0.4) is 0 Å². The molecule has 4 unspecified atom stereocenters. The fraction of sp³-hybridized carbons (Fsp3) is 0.462. The molecular weight excluding hydrogens is 438 g/mol. The third-order valence-electron chi connectivity index (χ3n) is 6.67. The van der Waals surface area contributed by atoms with Crippen molar-refractivity contribution in [3.8, 4) is 0 Å². The fourth-order valence-electron chi connectivity index (χ4n) is 5.62. The van der Waals surface area contributed by atoms with E-state index in [1.54, 1.807) is 45.0 Å². The number of rotatable bonds is 9. The quantitative estimate of drug-likeness (QED) is 0.441. The van der Waals surface area contributed by atoms with E-state index in [4.69, 9.17) is 9.47 Å². The first-order valence-electron chi connectivity index (χ1n) is 11.6. The van der Waals surface area contributed by atoms with Gasteiger partial charge in [-0.15, -0.1) is 0 Å². The number of aliphatic hydroxyl groups is 2. The third kappa shape index (κ3) is 3.44. The number of nitrogens with one attached hydrogen (secondary N) is 1. The van der Waals surface area contributed by atoms with E-state index in [-0.39, 0.29) is 13.2 Å². The maximum atomic E-state index is 13.6. The number of aliphatic carboxylic acids is 1. The number of aliphatic hydroxyl groups excluding tert-OH is 2. The maximum Gasteiger partial charge on any atom is 0.311 e. The minimum absolute atomic E-state index is 0.105. The molecular formula is C26H31NO7. The summed E-state index contributed by atoms with van der Waals surface area (Å²) < 4.78 is 12.8. The zero-order chi connectivity index (χ0) is 24.7. The van der Waals surface area contributed by atoms with Crippen molar-refractivity contribution < 1.29 is 34.4 Å². The Hall–Kier alpha value is -2.78. The number of hydrogen-bond donors (Lipinski definition) is 4. The molecule has 2 aromatic carbocycles. The molecule has 0 saturated carbocycles. The van der Waals surface area contributed by atoms with E-state index in [2.05, 4.69) is 5.32 Å². The van der Waals surface area contributed by atoms with Crippen molar-refractivity contribution in [2.75, 3.05) is 19.8 Å². The highest BCUT2D eigenvalue weighted by Crippen LogP contribution is 2.65. The van der Waals surface area contributed by atoms with Gasteiger partial charge in [0.25, 0.3) is 0 Å². The number of hydrogen-bond acceptors (Lipinski definition) is 6. The molecule has 0 aliphatic heterocycles. The Morgan fingerprint density at radius 1 is 0.853 bits per heavy atom. The third-order valence-corrected chi connectivity index (χ3v) is 6.67. The van der Waals surface area contributed by atoms with Crippen molar-refractivity contribution in [2.24, 2.45) is 11.8 Å². The number of carbonyl (C=O) groups excluding carboxylic acids is 1. The van der Waals surface area contributed by atoms with Crippen LogP contribution in [0.25, 0.3) is 0 Å². The summed E-state index contributed by atoms with van der Waals surface area (Å²) in [4.78, 5) is 26.6. The van der Waals surface area contributed by atoms with Gasteiger partial charge in [0.05, 0.1) is 31.3 Å². The smallest absolute Gasteiger partial charge is 0.311 e. The molecule has 2 bridgehead atoms. The van der Waals surface area contributed by atoms with Gasteiger partial charge in [-0.3, -0.25) is 9.59 Å². The van der Waals surface area contributed by atoms with Crippen LogP contribution >= 0.6 is 0 Å². The van der Waals surface area contributed by atoms with E-state index in [1.165, 1.54) is 0 Å². The molecule has 8 heteroatoms. The first kappa shape index (κ1) is 24.3. The highest BCUT2D eigenvalue weighted by atomic mass is 16.5. The predicted molar refractivity (Wildman–Crippen MR) is 123 cm³/mol. The molecule has 1 amide bonds. The van der Waals surface area contributed by atoms with Crippen molar-refractivity contribution in [2.45, 2.75) is 44.2 Å². The summed E-state index contributed by atoms with van der Waals surface area (Å²) in [6.07, 6.45) is -1.70. The number of carboxylic acid groups (broad SMARTS) is 1. The minimum atomic E-state index is -1.53. The highest BCUT2D eigenvalue weighted by Gasteiger charge is 2.71. The molecule has 3 aliphatic rings. The van der Waals surface area contributed by atoms with Gasteiger partial charge < -0.3 is 30.1 Å². The van der Waals surface area contributed by atoms with Crippen LogP contribution < -0.4 is 5.32 Å². The summed E-state index contributed by atoms with van der Waals surface area (Å²) in [6, 6.07) is 14.4. The van der Waals surface area contributed by atoms with Crippen LogP contribution in [0.4, 0.5) is 0 Å². The van der Waals surface area contributed by atoms with Crippen molar-refractivity contribution in [1.82, 2.24) is 5.32 Å². The topological polar surface area (TPSA) is 125 Å². The highest BCUT2D eigenvalue weighted by molar-refractivity contribution is 5.91. The van der Waals surface area contributed by atoms with Gasteiger partial charge >= 0.3 is 5.97 Å². The molecule has 182 valence electrons. The molecule has 0 heterocycles. The Morgan fingerprint density at radius 2 is 1.24 bits per heavy atom. The summed E-state index contributed by atoms with van der Waals surface area (Å²) in [5, 5.41) is 33.6. The van der Waals surface area contributed by atoms with Crippen molar-refractivity contribution in [1.29, 1.82) is 0 Å². The van der Waals surface area contributed by atoms with Gasteiger partial charge in [-0.25, -0.2) is 0 Å². The minimum Gasteiger partial charge on any atom is -0.481 e. The van der Waals surface area contributed by atoms with Crippen molar-refractivity contribution in [3.05, 3.63) is 70.8 Å². The second-order valence-electron chi connectivity index (χ2n) is 9.07. The molecule has 5 rings (SSSR count). The second kappa shape index (κ2) is 9.11. The lowest BCUT2D eigenvalue weighted by atomic mass is 9.49. The molecule has 3 aliphatic carbocycles. The molecule has 0 radical (unpaired) electrons. The van der Waals surface area contributed by atoms with Crippen LogP contribution in [-0.4, -0.2) is 59.2 Å². The lowest BCUT2D eigenvalue weighted by molar-refractivity contribution is -0.204. The Balaban J connectivity index is 2.13. The Bertz CT molecular complexity index is 1030. The molecule has 34 heavy (non-hydrogen) atoms. The lowest BCUT2D eigenvalue weighted by Crippen LogP contribution is -2.67. The van der Waals surface area contributed by atoms with E-state index in [1.807, 2.05) is 24.3 Å². The first-order valence-corrected chi connectivity index (χ1v) is 11.6. The van der Waals surface area contributed by atoms with Gasteiger partial charge in [0.2, 0.25) is 5.91 Å². The zero-order valence-electron chi connectivity index (χ0n) is 19.5. The van der Waals surface area contributed by atoms with Crippen LogP contribution in [0.15, 0.2) is 48.5 Å². The van der Waals surface area contributed by atoms with Crippen molar-refractivity contribution in [3.63, 3.8) is 0 Å². The standard InChI is InChI=1S/C26H31NO7/c1-4-27-23(30)21-22(24(31)32)26(34-14-16(3)29)19-11-7-5-9-17(19)25(21,33-13-15(2)28)18-10-6-8-12-20(18)26/h5-12,15-16,21-22,28-29H,4,13-14H2,1-3H3,(H,27,30)(H,31,32). The van der Waals surface area contributed by atoms with E-state index in [0.29, 0.717) is 28.8 Å². The van der Waals surface area contributed by atoms with Gasteiger partial charge in [-0.05, 0) is 43.0 Å². The summed E-state index contributed by atoms with van der Waals surface area (Å²) in [7, 11) is 0. The molecule has 0 aromatic heterocycles. The normalized spacial score (nSPS) is 28.5. The molecule has 4 N–H and O–H groups in total. The monoisotopic (exact) mass is 469 g/mol. The van der Waals surface area contributed by atoms with E-state index >= 15 is 0 Å². The van der Waals surface area contributed by atoms with Gasteiger partial charge in [-0.2, -0.15) is 0 Å². The molecule has 0 fully saturated rings. The number of ether oxygens (including phenoxy) is 2. The molecule has 2 aromatic rings. The largest absolute Gasteiger partial charge is 0.481 e. The summed E-state index contributed by atoms with van der Waals surface area (Å²) in [6.45, 7) is 4.97. The second-order valence-corrected chi connectivity index (χ2v) is 9.07. The van der Waals surface area contributed by atoms with Gasteiger partial charge in [0, 0.05) is 6.54 Å². The predicted octanol–water partition coefficient (Wildman–Crippen LogP) is 1.75. The Labute approximate surface area is 198 Å². The number of carbonyl (C=O) groups is 2. The zero-order valence-corrected chi connectivity index (χ0v) is 19.5. The van der Waals surface area contributed by atoms with Crippen LogP contribution in [0.1, 0.15) is 43.0 Å². The number of fused-ring (bicyclic) bond motifs is 1. The average Bonchev–Trinajstić information content (AvgIpc) is 2.81. The van der Waals surface area contributed by atoms with E-state index < -0.39 is 47.1 Å². The lowest BCUT2D eigenvalue weighted by Gasteiger charge is -2.60. The van der Waals surface area contributed by atoms with Gasteiger partial charge in [-0.1, -0.05) is 48.5 Å². The number of carboxylic acids is 1. The van der Waals surface area contributed by atoms with E-state index in [9.17, 15) is 24.9 Å². The summed E-state index contributed by atoms with van der Waals surface area (Å²) >= 11 is 0. The Morgan fingerprint density at radius 3 is 1.56 bits per heavy atom. The summed E-state index contributed by atoms with van der Waals surface area (Å²) in [5.41, 5.74) is -0.590. The summed E-state index contributed by atoms with van der Waals surface area (Å²) in [5.74, 6) is -4.23. The van der Waals surface area contributed by atoms with Gasteiger partial charge in [0.15, 0.2) is 0 Å². The first-order chi connectivity index (χ1) is 16.2. The molecule has 4 atom stereocenters. The fourth-order valence-corrected chi connectivity index (χ4v) is 5.62. The van der Waals surface area contributed by atoms with Crippen molar-refractivity contribution >= 4 is 11.9 Å². The van der Waals surface area contributed by atoms with Crippen LogP contribution in [0.5, 0.6) is 0 Å². The number of amides is 1. The number of benzene rings is 2. The van der Waals surface area contributed by atoms with Crippen LogP contribution in [0.2, 0.25) is 0 Å². The average molecular weight is 470 g/mol. The van der Waals surface area contributed by atoms with E-state index in [0.717, 1.165) is 0 Å². The molecule has 8 nitrogen and oxygen atoms in total.